The molecule has 0 saturated carbocycles. The molecule has 1 aliphatic rings. The van der Waals surface area contributed by atoms with Crippen LogP contribution in [0.25, 0.3) is 0 Å². The smallest absolute Gasteiger partial charge is 0.186 e. The number of carbonyl (C=O) groups excluding carboxylic acids is 1. The molecule has 0 N–H and O–H groups in total. The molecule has 0 aliphatic carbocycles. The summed E-state index contributed by atoms with van der Waals surface area (Å²) < 4.78 is 0. The van der Waals surface area contributed by atoms with Crippen molar-refractivity contribution in [2.24, 2.45) is 0 Å². The molecule has 17 heavy (non-hydrogen) atoms. The Balaban J connectivity index is 2.30. The van der Waals surface area contributed by atoms with Gasteiger partial charge in [0.05, 0.1) is 10.6 Å². The minimum Gasteiger partial charge on any atom is -0.348 e. The topological polar surface area (TPSA) is 33.2 Å². The normalized spacial score (nSPS) is 17.2. The van der Waals surface area contributed by atoms with Gasteiger partial charge in [-0.1, -0.05) is 32.1 Å². The molecule has 1 aromatic heterocycles. The molecule has 1 fully saturated rings. The van der Waals surface area contributed by atoms with Gasteiger partial charge in [0.25, 0.3) is 0 Å². The Hall–Kier alpha value is -0.900. The highest BCUT2D eigenvalue weighted by molar-refractivity contribution is 7.17. The molecule has 0 amide bonds. The van der Waals surface area contributed by atoms with Gasteiger partial charge in [-0.25, -0.2) is 4.98 Å². The molecule has 0 atom stereocenters. The highest BCUT2D eigenvalue weighted by Gasteiger charge is 2.25. The van der Waals surface area contributed by atoms with E-state index >= 15 is 0 Å². The number of hydrogen-bond acceptors (Lipinski definition) is 4. The third-order valence-corrected chi connectivity index (χ3v) is 4.13. The molecule has 4 heteroatoms. The molecular weight excluding hydrogens is 232 g/mol. The number of thiazole rings is 1. The Morgan fingerprint density at radius 2 is 1.88 bits per heavy atom. The Morgan fingerprint density at radius 3 is 2.35 bits per heavy atom. The number of rotatable bonds is 2. The van der Waals surface area contributed by atoms with E-state index in [4.69, 9.17) is 0 Å². The maximum absolute atomic E-state index is 11.1. The SMILES string of the molecule is CC(C)(C)c1nc(N2CCCCC2)sc1C=O. The number of hydrogen-bond donors (Lipinski definition) is 0. The second-order valence-electron chi connectivity index (χ2n) is 5.62. The fourth-order valence-electron chi connectivity index (χ4n) is 2.16. The summed E-state index contributed by atoms with van der Waals surface area (Å²) in [5, 5.41) is 1.02. The Morgan fingerprint density at radius 1 is 1.24 bits per heavy atom. The van der Waals surface area contributed by atoms with E-state index in [0.29, 0.717) is 0 Å². The van der Waals surface area contributed by atoms with Crippen molar-refractivity contribution >= 4 is 22.8 Å². The summed E-state index contributed by atoms with van der Waals surface area (Å²) in [4.78, 5) is 18.9. The zero-order chi connectivity index (χ0) is 12.5. The molecular formula is C13H20N2OS. The molecule has 0 unspecified atom stereocenters. The Bertz CT molecular complexity index is 400. The lowest BCUT2D eigenvalue weighted by atomic mass is 9.91. The minimum atomic E-state index is -0.0548. The Kier molecular flexibility index (Phi) is 3.52. The first-order valence-corrected chi connectivity index (χ1v) is 7.05. The molecule has 0 radical (unpaired) electrons. The van der Waals surface area contributed by atoms with Gasteiger partial charge >= 0.3 is 0 Å². The van der Waals surface area contributed by atoms with Crippen LogP contribution in [-0.4, -0.2) is 24.4 Å². The molecule has 2 heterocycles. The third-order valence-electron chi connectivity index (χ3n) is 3.09. The van der Waals surface area contributed by atoms with E-state index in [1.807, 2.05) is 0 Å². The van der Waals surface area contributed by atoms with Crippen molar-refractivity contribution in [3.05, 3.63) is 10.6 Å². The number of piperidine rings is 1. The van der Waals surface area contributed by atoms with Crippen molar-refractivity contribution in [2.45, 2.75) is 45.4 Å². The summed E-state index contributed by atoms with van der Waals surface area (Å²) in [5.74, 6) is 0. The fourth-order valence-corrected chi connectivity index (χ4v) is 3.30. The van der Waals surface area contributed by atoms with Crippen LogP contribution in [0.2, 0.25) is 0 Å². The number of anilines is 1. The molecule has 0 spiro atoms. The first-order chi connectivity index (χ1) is 8.02. The largest absolute Gasteiger partial charge is 0.348 e. The van der Waals surface area contributed by atoms with Crippen LogP contribution in [0.5, 0.6) is 0 Å². The average Bonchev–Trinajstić information content (AvgIpc) is 2.74. The van der Waals surface area contributed by atoms with E-state index in [1.54, 1.807) is 0 Å². The summed E-state index contributed by atoms with van der Waals surface area (Å²) in [6.45, 7) is 8.48. The summed E-state index contributed by atoms with van der Waals surface area (Å²) in [6.07, 6.45) is 4.74. The van der Waals surface area contributed by atoms with Crippen LogP contribution in [0.15, 0.2) is 0 Å². The van der Waals surface area contributed by atoms with Crippen molar-refractivity contribution in [1.29, 1.82) is 0 Å². The van der Waals surface area contributed by atoms with E-state index in [0.717, 1.165) is 35.1 Å². The van der Waals surface area contributed by atoms with Crippen LogP contribution < -0.4 is 4.90 Å². The summed E-state index contributed by atoms with van der Waals surface area (Å²) >= 11 is 1.54. The van der Waals surface area contributed by atoms with Crippen molar-refractivity contribution in [1.82, 2.24) is 4.98 Å². The zero-order valence-corrected chi connectivity index (χ0v) is 11.6. The van der Waals surface area contributed by atoms with Crippen LogP contribution in [0.1, 0.15) is 55.4 Å². The molecule has 2 rings (SSSR count). The van der Waals surface area contributed by atoms with Gasteiger partial charge in [-0.3, -0.25) is 4.79 Å². The lowest BCUT2D eigenvalue weighted by molar-refractivity contribution is 0.112. The van der Waals surface area contributed by atoms with Gasteiger partial charge < -0.3 is 4.90 Å². The lowest BCUT2D eigenvalue weighted by Crippen LogP contribution is -2.29. The maximum atomic E-state index is 11.1. The van der Waals surface area contributed by atoms with Crippen LogP contribution in [-0.2, 0) is 5.41 Å². The highest BCUT2D eigenvalue weighted by atomic mass is 32.1. The minimum absolute atomic E-state index is 0.0548. The van der Waals surface area contributed by atoms with Crippen molar-refractivity contribution in [2.75, 3.05) is 18.0 Å². The van der Waals surface area contributed by atoms with Crippen molar-refractivity contribution < 1.29 is 4.79 Å². The predicted molar refractivity (Wildman–Crippen MR) is 72.3 cm³/mol. The molecule has 1 saturated heterocycles. The van der Waals surface area contributed by atoms with Gasteiger partial charge in [0.15, 0.2) is 11.4 Å². The van der Waals surface area contributed by atoms with Crippen molar-refractivity contribution in [3.63, 3.8) is 0 Å². The maximum Gasteiger partial charge on any atom is 0.186 e. The van der Waals surface area contributed by atoms with Gasteiger partial charge in [0, 0.05) is 18.5 Å². The molecule has 1 aromatic rings. The standard InChI is InChI=1S/C13H20N2OS/c1-13(2,3)11-10(9-16)17-12(14-11)15-7-5-4-6-8-15/h9H,4-8H2,1-3H3. The molecule has 94 valence electrons. The quantitative estimate of drug-likeness (QED) is 0.758. The summed E-state index contributed by atoms with van der Waals surface area (Å²) in [5.41, 5.74) is 0.888. The lowest BCUT2D eigenvalue weighted by Gasteiger charge is -2.26. The predicted octanol–water partition coefficient (Wildman–Crippen LogP) is 3.24. The zero-order valence-electron chi connectivity index (χ0n) is 10.8. The second kappa shape index (κ2) is 4.77. The number of carbonyl (C=O) groups is 1. The van der Waals surface area contributed by atoms with Crippen LogP contribution in [0.4, 0.5) is 5.13 Å². The van der Waals surface area contributed by atoms with E-state index in [2.05, 4.69) is 30.7 Å². The van der Waals surface area contributed by atoms with E-state index in [9.17, 15) is 4.79 Å². The number of aldehydes is 1. The van der Waals surface area contributed by atoms with Crippen molar-refractivity contribution in [3.8, 4) is 0 Å². The Labute approximate surface area is 107 Å². The first kappa shape index (κ1) is 12.6. The van der Waals surface area contributed by atoms with Gasteiger partial charge in [-0.2, -0.15) is 0 Å². The van der Waals surface area contributed by atoms with E-state index < -0.39 is 0 Å². The van der Waals surface area contributed by atoms with Crippen LogP contribution >= 0.6 is 11.3 Å². The molecule has 3 nitrogen and oxygen atoms in total. The van der Waals surface area contributed by atoms with Crippen LogP contribution in [0.3, 0.4) is 0 Å². The monoisotopic (exact) mass is 252 g/mol. The highest BCUT2D eigenvalue weighted by Crippen LogP contribution is 2.33. The van der Waals surface area contributed by atoms with E-state index in [1.165, 1.54) is 30.6 Å². The third kappa shape index (κ3) is 2.68. The summed E-state index contributed by atoms with van der Waals surface area (Å²) in [6, 6.07) is 0. The fraction of sp³-hybridized carbons (Fsp3) is 0.692. The van der Waals surface area contributed by atoms with Crippen LogP contribution in [0, 0.1) is 0 Å². The number of nitrogens with zero attached hydrogens (tertiary/aromatic N) is 2. The van der Waals surface area contributed by atoms with E-state index in [-0.39, 0.29) is 5.41 Å². The average molecular weight is 252 g/mol. The van der Waals surface area contributed by atoms with Gasteiger partial charge in [-0.15, -0.1) is 0 Å². The first-order valence-electron chi connectivity index (χ1n) is 6.24. The molecule has 0 bridgehead atoms. The van der Waals surface area contributed by atoms with Gasteiger partial charge in [0.1, 0.15) is 0 Å². The summed E-state index contributed by atoms with van der Waals surface area (Å²) in [7, 11) is 0. The molecule has 1 aliphatic heterocycles. The molecule has 0 aromatic carbocycles. The second-order valence-corrected chi connectivity index (χ2v) is 6.63. The van der Waals surface area contributed by atoms with Gasteiger partial charge in [-0.05, 0) is 19.3 Å². The number of aromatic nitrogens is 1. The van der Waals surface area contributed by atoms with Gasteiger partial charge in [0.2, 0.25) is 0 Å².